The number of aromatic nitrogens is 2. The maximum absolute atomic E-state index is 14.8. The zero-order chi connectivity index (χ0) is 43.6. The number of carbonyl (C=O) groups excluding carboxylic acids is 1. The van der Waals surface area contributed by atoms with Crippen molar-refractivity contribution in [1.29, 1.82) is 5.26 Å². The van der Waals surface area contributed by atoms with Gasteiger partial charge >= 0.3 is 13.4 Å². The number of hydrogen-bond acceptors (Lipinski definition) is 11. The Labute approximate surface area is 356 Å². The van der Waals surface area contributed by atoms with E-state index in [1.807, 2.05) is 113 Å². The molecule has 5 aromatic rings. The van der Waals surface area contributed by atoms with Crippen LogP contribution in [0.3, 0.4) is 0 Å². The van der Waals surface area contributed by atoms with Gasteiger partial charge in [0.1, 0.15) is 35.2 Å². The lowest BCUT2D eigenvalue weighted by Gasteiger charge is -2.40. The van der Waals surface area contributed by atoms with E-state index >= 15 is 0 Å². The number of anilines is 1. The lowest BCUT2D eigenvalue weighted by molar-refractivity contribution is -0.0987. The molecule has 2 heterocycles. The number of nitrogens with zero attached hydrogens (tertiary/aromatic N) is 4. The van der Waals surface area contributed by atoms with Gasteiger partial charge in [0.25, 0.3) is 5.91 Å². The lowest BCUT2D eigenvalue weighted by Crippen LogP contribution is -2.41. The van der Waals surface area contributed by atoms with Crippen LogP contribution in [0.2, 0.25) is 0 Å². The monoisotopic (exact) mass is 849 g/mol. The molecule has 0 radical (unpaired) electrons. The Bertz CT molecular complexity index is 2300. The van der Waals surface area contributed by atoms with Gasteiger partial charge < -0.3 is 24.3 Å². The number of nitriles is 1. The lowest BCUT2D eigenvalue weighted by atomic mass is 9.79. The van der Waals surface area contributed by atoms with Gasteiger partial charge in [0, 0.05) is 30.3 Å². The van der Waals surface area contributed by atoms with Crippen LogP contribution in [0.15, 0.2) is 126 Å². The molecule has 1 amide bonds. The summed E-state index contributed by atoms with van der Waals surface area (Å²) >= 11 is 0. The van der Waals surface area contributed by atoms with Crippen LogP contribution in [0.4, 0.5) is 5.82 Å². The first-order chi connectivity index (χ1) is 29.4. The van der Waals surface area contributed by atoms with Crippen molar-refractivity contribution in [3.05, 3.63) is 154 Å². The van der Waals surface area contributed by atoms with E-state index in [0.717, 1.165) is 16.7 Å². The number of amides is 1. The zero-order valence-corrected chi connectivity index (χ0v) is 36.1. The average molecular weight is 850 g/mol. The highest BCUT2D eigenvalue weighted by atomic mass is 31.2. The molecule has 1 N–H and O–H groups in total. The van der Waals surface area contributed by atoms with Crippen molar-refractivity contribution in [3.8, 4) is 17.6 Å². The van der Waals surface area contributed by atoms with Crippen LogP contribution < -0.4 is 20.5 Å². The minimum Gasteiger partial charge on any atom is -0.497 e. The molecule has 1 fully saturated rings. The normalized spacial score (nSPS) is 17.5. The largest absolute Gasteiger partial charge is 0.497 e. The first-order valence-electron chi connectivity index (χ1n) is 20.1. The van der Waals surface area contributed by atoms with E-state index in [2.05, 4.69) is 10.3 Å². The van der Waals surface area contributed by atoms with Crippen LogP contribution in [0.5, 0.6) is 11.5 Å². The molecule has 4 aromatic carbocycles. The standard InChI is InChI=1S/C46H52N5O9P/c1-32(2)51(33(3)4)61(54,57-29-13-27-47)58-31-41-40(30-43(59-41)50-28-26-42(49-45(50)53)48-44(52)34-14-9-7-10-15-34)60-46(35-16-11-8-12-17-35,36-18-22-38(55-5)23-19-36)37-20-24-39(56-6)25-21-37/h7-12,14-26,28,32-33,40-41,43H,13,29-31H2,1-6H3,(H,48,49,52,53)/t40-,41+,43+,61+/m0/s1. The summed E-state index contributed by atoms with van der Waals surface area (Å²) in [5.74, 6) is 0.956. The molecule has 1 aliphatic rings. The molecule has 0 saturated carbocycles. The summed E-state index contributed by atoms with van der Waals surface area (Å²) < 4.78 is 55.3. The topological polar surface area (TPSA) is 163 Å². The Hall–Kier alpha value is -5.65. The first kappa shape index (κ1) is 44.9. The van der Waals surface area contributed by atoms with Crippen molar-refractivity contribution in [2.24, 2.45) is 0 Å². The van der Waals surface area contributed by atoms with Crippen LogP contribution >= 0.6 is 7.75 Å². The van der Waals surface area contributed by atoms with E-state index in [0.29, 0.717) is 17.1 Å². The number of nitrogens with one attached hydrogen (secondary N) is 1. The summed E-state index contributed by atoms with van der Waals surface area (Å²) in [5, 5.41) is 12.0. The van der Waals surface area contributed by atoms with Gasteiger partial charge in [-0.25, -0.2) is 14.0 Å². The molecule has 1 aromatic heterocycles. The van der Waals surface area contributed by atoms with E-state index in [-0.39, 0.29) is 44.0 Å². The van der Waals surface area contributed by atoms with E-state index in [1.54, 1.807) is 49.2 Å². The van der Waals surface area contributed by atoms with Crippen molar-refractivity contribution in [2.45, 2.75) is 76.7 Å². The highest BCUT2D eigenvalue weighted by Crippen LogP contribution is 2.55. The SMILES string of the molecule is COc1ccc(C(O[C@H]2C[C@H](n3ccc(NC(=O)c4ccccc4)nc3=O)O[C@@H]2CO[P@](=O)(OCCC#N)N(C(C)C)C(C)C)(c2ccccc2)c2ccc(OC)cc2)cc1. The molecule has 15 heteroatoms. The minimum absolute atomic E-state index is 0.00610. The van der Waals surface area contributed by atoms with Gasteiger partial charge in [-0.05, 0) is 86.8 Å². The summed E-state index contributed by atoms with van der Waals surface area (Å²) in [7, 11) is -0.843. The highest BCUT2D eigenvalue weighted by Gasteiger charge is 2.48. The summed E-state index contributed by atoms with van der Waals surface area (Å²) in [6, 6.07) is 36.6. The zero-order valence-electron chi connectivity index (χ0n) is 35.2. The third-order valence-corrected chi connectivity index (χ3v) is 12.8. The predicted octanol–water partition coefficient (Wildman–Crippen LogP) is 8.35. The van der Waals surface area contributed by atoms with Crippen molar-refractivity contribution in [3.63, 3.8) is 0 Å². The summed E-state index contributed by atoms with van der Waals surface area (Å²) in [5.41, 5.74) is 0.774. The Morgan fingerprint density at radius 1 is 0.869 bits per heavy atom. The van der Waals surface area contributed by atoms with Crippen molar-refractivity contribution in [2.75, 3.05) is 32.8 Å². The van der Waals surface area contributed by atoms with E-state index in [4.69, 9.17) is 28.0 Å². The summed E-state index contributed by atoms with van der Waals surface area (Å²) in [4.78, 5) is 30.8. The number of hydrogen-bond donors (Lipinski definition) is 1. The Balaban J connectivity index is 1.44. The van der Waals surface area contributed by atoms with Crippen molar-refractivity contribution in [1.82, 2.24) is 14.2 Å². The fraction of sp³-hybridized carbons (Fsp3) is 0.348. The molecule has 4 atom stereocenters. The predicted molar refractivity (Wildman–Crippen MR) is 230 cm³/mol. The second kappa shape index (κ2) is 20.3. The molecule has 0 bridgehead atoms. The maximum atomic E-state index is 14.8. The second-order valence-corrected chi connectivity index (χ2v) is 16.8. The molecule has 320 valence electrons. The smallest absolute Gasteiger partial charge is 0.408 e. The summed E-state index contributed by atoms with van der Waals surface area (Å²) in [6.07, 6.45) is -1.03. The maximum Gasteiger partial charge on any atom is 0.408 e. The van der Waals surface area contributed by atoms with Gasteiger partial charge in [-0.3, -0.25) is 18.4 Å². The van der Waals surface area contributed by atoms with Crippen molar-refractivity contribution < 1.29 is 37.4 Å². The Kier molecular flexibility index (Phi) is 14.9. The number of carbonyl (C=O) groups is 1. The van der Waals surface area contributed by atoms with Gasteiger partial charge in [0.15, 0.2) is 0 Å². The molecule has 1 saturated heterocycles. The molecule has 0 unspecified atom stereocenters. The quantitative estimate of drug-likeness (QED) is 0.0481. The van der Waals surface area contributed by atoms with Gasteiger partial charge in [-0.2, -0.15) is 10.2 Å². The highest BCUT2D eigenvalue weighted by molar-refractivity contribution is 7.51. The molecular formula is C46H52N5O9P. The van der Waals surface area contributed by atoms with Gasteiger partial charge in [-0.1, -0.05) is 72.8 Å². The molecule has 6 rings (SSSR count). The minimum atomic E-state index is -4.04. The van der Waals surface area contributed by atoms with Crippen LogP contribution in [0, 0.1) is 11.3 Å². The fourth-order valence-corrected chi connectivity index (χ4v) is 9.72. The third-order valence-electron chi connectivity index (χ3n) is 10.3. The number of benzene rings is 4. The van der Waals surface area contributed by atoms with E-state index in [9.17, 15) is 19.4 Å². The third kappa shape index (κ3) is 10.3. The van der Waals surface area contributed by atoms with Crippen LogP contribution in [0.1, 0.15) is 73.8 Å². The van der Waals surface area contributed by atoms with Crippen LogP contribution in [-0.4, -0.2) is 71.9 Å². The van der Waals surface area contributed by atoms with Crippen LogP contribution in [0.25, 0.3) is 0 Å². The van der Waals surface area contributed by atoms with Gasteiger partial charge in [0.05, 0.1) is 46.0 Å². The molecule has 61 heavy (non-hydrogen) atoms. The Morgan fingerprint density at radius 3 is 1.95 bits per heavy atom. The molecule has 0 spiro atoms. The number of ether oxygens (including phenoxy) is 4. The van der Waals surface area contributed by atoms with Gasteiger partial charge in [0.2, 0.25) is 0 Å². The second-order valence-electron chi connectivity index (χ2n) is 14.9. The van der Waals surface area contributed by atoms with E-state index < -0.39 is 43.4 Å². The molecule has 14 nitrogen and oxygen atoms in total. The average Bonchev–Trinajstić information content (AvgIpc) is 3.67. The molecule has 0 aliphatic carbocycles. The molecular weight excluding hydrogens is 798 g/mol. The van der Waals surface area contributed by atoms with E-state index in [1.165, 1.54) is 16.8 Å². The van der Waals surface area contributed by atoms with Gasteiger partial charge in [-0.15, -0.1) is 0 Å². The Morgan fingerprint density at radius 2 is 1.43 bits per heavy atom. The molecule has 1 aliphatic heterocycles. The fourth-order valence-electron chi connectivity index (χ4n) is 7.59. The summed E-state index contributed by atoms with van der Waals surface area (Å²) in [6.45, 7) is 7.17. The van der Waals surface area contributed by atoms with Crippen molar-refractivity contribution >= 4 is 19.5 Å². The number of methoxy groups -OCH3 is 2. The first-order valence-corrected chi connectivity index (χ1v) is 21.6. The number of rotatable bonds is 19. The van der Waals surface area contributed by atoms with Crippen LogP contribution in [-0.2, 0) is 28.7 Å².